The minimum absolute atomic E-state index is 0.0876. The Balaban J connectivity index is 2.30. The van der Waals surface area contributed by atoms with Gasteiger partial charge in [0, 0.05) is 32.4 Å². The van der Waals surface area contributed by atoms with Crippen molar-refractivity contribution in [3.63, 3.8) is 0 Å². The number of nitro groups is 1. The van der Waals surface area contributed by atoms with E-state index in [0.29, 0.717) is 12.2 Å². The number of benzene rings is 1. The van der Waals surface area contributed by atoms with Gasteiger partial charge < -0.3 is 10.2 Å². The van der Waals surface area contributed by atoms with Gasteiger partial charge in [-0.1, -0.05) is 0 Å². The molecule has 0 fully saturated rings. The van der Waals surface area contributed by atoms with E-state index in [0.717, 1.165) is 5.56 Å². The molecule has 1 N–H and O–H groups in total. The summed E-state index contributed by atoms with van der Waals surface area (Å²) in [6.45, 7) is 0.420. The van der Waals surface area contributed by atoms with Gasteiger partial charge in [0.25, 0.3) is 11.6 Å². The molecule has 0 saturated carbocycles. The van der Waals surface area contributed by atoms with Crippen LogP contribution in [0.5, 0.6) is 0 Å². The van der Waals surface area contributed by atoms with E-state index in [1.54, 1.807) is 31.5 Å². The molecule has 0 aliphatic carbocycles. The standard InChI is InChI=1S/C14H15N3O3S/c1-15-11-3-4-13(17(19)20)12(7-11)14(18)16(2)8-10-5-6-21-9-10/h3-7,9,15H,8H2,1-2H3. The van der Waals surface area contributed by atoms with Crippen molar-refractivity contribution >= 4 is 28.6 Å². The molecule has 0 saturated heterocycles. The summed E-state index contributed by atoms with van der Waals surface area (Å²) in [7, 11) is 3.33. The second-order valence-corrected chi connectivity index (χ2v) is 5.31. The van der Waals surface area contributed by atoms with Crippen molar-refractivity contribution in [2.45, 2.75) is 6.54 Å². The number of amides is 1. The highest BCUT2D eigenvalue weighted by Gasteiger charge is 2.23. The van der Waals surface area contributed by atoms with Crippen LogP contribution < -0.4 is 5.32 Å². The first-order chi connectivity index (χ1) is 10.0. The Morgan fingerprint density at radius 3 is 2.76 bits per heavy atom. The fourth-order valence-corrected chi connectivity index (χ4v) is 2.62. The number of hydrogen-bond acceptors (Lipinski definition) is 5. The van der Waals surface area contributed by atoms with Gasteiger partial charge in [0.05, 0.1) is 4.92 Å². The molecule has 2 rings (SSSR count). The number of rotatable bonds is 5. The summed E-state index contributed by atoms with van der Waals surface area (Å²) in [6.07, 6.45) is 0. The lowest BCUT2D eigenvalue weighted by atomic mass is 10.1. The van der Waals surface area contributed by atoms with Gasteiger partial charge in [0.1, 0.15) is 5.56 Å². The van der Waals surface area contributed by atoms with E-state index in [9.17, 15) is 14.9 Å². The van der Waals surface area contributed by atoms with Crippen LogP contribution in [0.15, 0.2) is 35.0 Å². The summed E-state index contributed by atoms with van der Waals surface area (Å²) in [6, 6.07) is 6.35. The number of hydrogen-bond donors (Lipinski definition) is 1. The van der Waals surface area contributed by atoms with Crippen molar-refractivity contribution < 1.29 is 9.72 Å². The predicted molar refractivity (Wildman–Crippen MR) is 82.8 cm³/mol. The van der Waals surface area contributed by atoms with E-state index in [2.05, 4.69) is 5.32 Å². The smallest absolute Gasteiger partial charge is 0.282 e. The molecule has 0 radical (unpaired) electrons. The highest BCUT2D eigenvalue weighted by molar-refractivity contribution is 7.07. The fraction of sp³-hybridized carbons (Fsp3) is 0.214. The lowest BCUT2D eigenvalue weighted by Gasteiger charge is -2.17. The average Bonchev–Trinajstić information content (AvgIpc) is 2.98. The molecule has 1 amide bonds. The second kappa shape index (κ2) is 6.36. The summed E-state index contributed by atoms with van der Waals surface area (Å²) in [5, 5.41) is 17.8. The maximum absolute atomic E-state index is 12.5. The zero-order valence-corrected chi connectivity index (χ0v) is 12.5. The van der Waals surface area contributed by atoms with Crippen LogP contribution in [0.3, 0.4) is 0 Å². The number of anilines is 1. The largest absolute Gasteiger partial charge is 0.388 e. The minimum Gasteiger partial charge on any atom is -0.388 e. The Kier molecular flexibility index (Phi) is 4.54. The van der Waals surface area contributed by atoms with E-state index in [1.807, 2.05) is 16.8 Å². The third-order valence-electron chi connectivity index (χ3n) is 3.06. The normalized spacial score (nSPS) is 10.2. The summed E-state index contributed by atoms with van der Waals surface area (Å²) < 4.78 is 0. The van der Waals surface area contributed by atoms with Crippen molar-refractivity contribution in [1.29, 1.82) is 0 Å². The molecular formula is C14H15N3O3S. The van der Waals surface area contributed by atoms with Crippen LogP contribution in [0.2, 0.25) is 0 Å². The summed E-state index contributed by atoms with van der Waals surface area (Å²) in [5.74, 6) is -0.370. The number of carbonyl (C=O) groups is 1. The molecule has 7 heteroatoms. The number of nitrogens with zero attached hydrogens (tertiary/aromatic N) is 2. The van der Waals surface area contributed by atoms with Gasteiger partial charge >= 0.3 is 0 Å². The molecule has 1 aromatic carbocycles. The van der Waals surface area contributed by atoms with Gasteiger partial charge in [-0.3, -0.25) is 14.9 Å². The van der Waals surface area contributed by atoms with Crippen LogP contribution in [-0.2, 0) is 6.54 Å². The first-order valence-electron chi connectivity index (χ1n) is 6.25. The number of carbonyl (C=O) groups excluding carboxylic acids is 1. The third kappa shape index (κ3) is 3.38. The quantitative estimate of drug-likeness (QED) is 0.680. The molecule has 2 aromatic rings. The van der Waals surface area contributed by atoms with Gasteiger partial charge in [0.2, 0.25) is 0 Å². The molecule has 21 heavy (non-hydrogen) atoms. The SMILES string of the molecule is CNc1ccc([N+](=O)[O-])c(C(=O)N(C)Cc2ccsc2)c1. The van der Waals surface area contributed by atoms with Gasteiger partial charge in [-0.25, -0.2) is 0 Å². The van der Waals surface area contributed by atoms with E-state index in [4.69, 9.17) is 0 Å². The molecule has 110 valence electrons. The Hall–Kier alpha value is -2.41. The number of nitro benzene ring substituents is 1. The van der Waals surface area contributed by atoms with Gasteiger partial charge in [-0.2, -0.15) is 11.3 Å². The Bertz CT molecular complexity index is 655. The average molecular weight is 305 g/mol. The van der Waals surface area contributed by atoms with E-state index >= 15 is 0 Å². The molecular weight excluding hydrogens is 290 g/mol. The highest BCUT2D eigenvalue weighted by Crippen LogP contribution is 2.24. The predicted octanol–water partition coefficient (Wildman–Crippen LogP) is 2.97. The van der Waals surface area contributed by atoms with Crippen LogP contribution in [0.25, 0.3) is 0 Å². The summed E-state index contributed by atoms with van der Waals surface area (Å²) in [4.78, 5) is 24.5. The first-order valence-corrected chi connectivity index (χ1v) is 7.20. The molecule has 0 atom stereocenters. The van der Waals surface area contributed by atoms with Crippen molar-refractivity contribution in [2.75, 3.05) is 19.4 Å². The van der Waals surface area contributed by atoms with Crippen LogP contribution in [0.4, 0.5) is 11.4 Å². The first kappa shape index (κ1) is 15.0. The van der Waals surface area contributed by atoms with Crippen LogP contribution in [-0.4, -0.2) is 29.8 Å². The summed E-state index contributed by atoms with van der Waals surface area (Å²) in [5.41, 5.74) is 1.57. The van der Waals surface area contributed by atoms with E-state index in [1.165, 1.54) is 17.0 Å². The van der Waals surface area contributed by atoms with Gasteiger partial charge in [-0.05, 0) is 34.5 Å². The maximum Gasteiger partial charge on any atom is 0.282 e. The molecule has 1 aromatic heterocycles. The zero-order chi connectivity index (χ0) is 15.4. The molecule has 0 aliphatic rings. The van der Waals surface area contributed by atoms with Gasteiger partial charge in [0.15, 0.2) is 0 Å². The summed E-state index contributed by atoms with van der Waals surface area (Å²) >= 11 is 1.55. The Morgan fingerprint density at radius 1 is 1.43 bits per heavy atom. The lowest BCUT2D eigenvalue weighted by molar-refractivity contribution is -0.385. The maximum atomic E-state index is 12.5. The second-order valence-electron chi connectivity index (χ2n) is 4.53. The lowest BCUT2D eigenvalue weighted by Crippen LogP contribution is -2.26. The Morgan fingerprint density at radius 2 is 2.19 bits per heavy atom. The van der Waals surface area contributed by atoms with Crippen molar-refractivity contribution in [2.24, 2.45) is 0 Å². The number of thiophene rings is 1. The van der Waals surface area contributed by atoms with Crippen molar-refractivity contribution in [1.82, 2.24) is 4.90 Å². The molecule has 6 nitrogen and oxygen atoms in total. The topological polar surface area (TPSA) is 75.5 Å². The van der Waals surface area contributed by atoms with E-state index < -0.39 is 4.92 Å². The van der Waals surface area contributed by atoms with Crippen molar-refractivity contribution in [3.8, 4) is 0 Å². The molecule has 1 heterocycles. The third-order valence-corrected chi connectivity index (χ3v) is 3.79. The fourth-order valence-electron chi connectivity index (χ4n) is 1.96. The van der Waals surface area contributed by atoms with Crippen molar-refractivity contribution in [3.05, 3.63) is 56.3 Å². The zero-order valence-electron chi connectivity index (χ0n) is 11.7. The molecule has 0 spiro atoms. The van der Waals surface area contributed by atoms with Crippen LogP contribution >= 0.6 is 11.3 Å². The molecule has 0 unspecified atom stereocenters. The molecule has 0 aliphatic heterocycles. The van der Waals surface area contributed by atoms with Crippen LogP contribution in [0.1, 0.15) is 15.9 Å². The van der Waals surface area contributed by atoms with Gasteiger partial charge in [-0.15, -0.1) is 0 Å². The number of nitrogens with one attached hydrogen (secondary N) is 1. The molecule has 0 bridgehead atoms. The Labute approximate surface area is 126 Å². The minimum atomic E-state index is -0.537. The van der Waals surface area contributed by atoms with Crippen LogP contribution in [0, 0.1) is 10.1 Å². The highest BCUT2D eigenvalue weighted by atomic mass is 32.1. The van der Waals surface area contributed by atoms with E-state index in [-0.39, 0.29) is 17.2 Å². The monoisotopic (exact) mass is 305 g/mol.